The van der Waals surface area contributed by atoms with E-state index in [9.17, 15) is 14.4 Å². The molecule has 0 atom stereocenters. The molecule has 0 saturated carbocycles. The lowest BCUT2D eigenvalue weighted by molar-refractivity contribution is -0.126. The number of hydrogen-bond acceptors (Lipinski definition) is 4. The molecule has 0 bridgehead atoms. The van der Waals surface area contributed by atoms with Crippen molar-refractivity contribution in [3.05, 3.63) is 0 Å². The normalized spacial score (nSPS) is 16.3. The third-order valence-corrected chi connectivity index (χ3v) is 3.47. The molecule has 7 nitrogen and oxygen atoms in total. The maximum absolute atomic E-state index is 11.8. The summed E-state index contributed by atoms with van der Waals surface area (Å²) in [5, 5.41) is 7.70. The zero-order valence-electron chi connectivity index (χ0n) is 12.9. The Kier molecular flexibility index (Phi) is 7.74. The molecule has 120 valence electrons. The van der Waals surface area contributed by atoms with E-state index < -0.39 is 6.03 Å². The van der Waals surface area contributed by atoms with Gasteiger partial charge in [-0.15, -0.1) is 0 Å². The molecule has 0 aromatic rings. The van der Waals surface area contributed by atoms with Crippen molar-refractivity contribution >= 4 is 17.8 Å². The van der Waals surface area contributed by atoms with Crippen LogP contribution in [0.15, 0.2) is 0 Å². The summed E-state index contributed by atoms with van der Waals surface area (Å²) < 4.78 is 0. The number of imide groups is 1. The number of hydrogen-bond donors (Lipinski definition) is 3. The molecule has 0 radical (unpaired) electrons. The Morgan fingerprint density at radius 3 is 2.33 bits per heavy atom. The number of piperidine rings is 1. The van der Waals surface area contributed by atoms with Gasteiger partial charge in [0.15, 0.2) is 0 Å². The molecule has 0 aliphatic carbocycles. The molecule has 1 aliphatic heterocycles. The average Bonchev–Trinajstić information content (AvgIpc) is 2.45. The van der Waals surface area contributed by atoms with Gasteiger partial charge in [-0.1, -0.05) is 6.92 Å². The van der Waals surface area contributed by atoms with Gasteiger partial charge in [-0.25, -0.2) is 4.79 Å². The van der Waals surface area contributed by atoms with Gasteiger partial charge in [0.25, 0.3) is 0 Å². The van der Waals surface area contributed by atoms with Gasteiger partial charge in [-0.3, -0.25) is 19.8 Å². The second-order valence-corrected chi connectivity index (χ2v) is 5.25. The monoisotopic (exact) mass is 298 g/mol. The third-order valence-electron chi connectivity index (χ3n) is 3.47. The zero-order valence-corrected chi connectivity index (χ0v) is 12.9. The zero-order chi connectivity index (χ0) is 15.7. The van der Waals surface area contributed by atoms with Gasteiger partial charge >= 0.3 is 6.03 Å². The molecule has 1 aliphatic rings. The third kappa shape index (κ3) is 6.57. The van der Waals surface area contributed by atoms with Crippen LogP contribution in [0, 0.1) is 5.92 Å². The van der Waals surface area contributed by atoms with E-state index >= 15 is 0 Å². The minimum absolute atomic E-state index is 0.0410. The van der Waals surface area contributed by atoms with Crippen LogP contribution in [0.4, 0.5) is 4.79 Å². The van der Waals surface area contributed by atoms with Crippen LogP contribution in [0.3, 0.4) is 0 Å². The average molecular weight is 298 g/mol. The molecule has 0 aromatic carbocycles. The SMILES string of the molecule is CCCNC(=O)C1CCN(CC(=O)NC(=O)NCC)CC1. The summed E-state index contributed by atoms with van der Waals surface area (Å²) in [7, 11) is 0. The molecule has 4 amide bonds. The number of nitrogens with one attached hydrogen (secondary N) is 3. The molecule has 1 rings (SSSR count). The van der Waals surface area contributed by atoms with E-state index in [0.717, 1.165) is 19.3 Å². The lowest BCUT2D eigenvalue weighted by Crippen LogP contribution is -2.47. The molecule has 0 spiro atoms. The van der Waals surface area contributed by atoms with E-state index in [0.29, 0.717) is 26.2 Å². The van der Waals surface area contributed by atoms with Crippen LogP contribution in [-0.2, 0) is 9.59 Å². The van der Waals surface area contributed by atoms with Gasteiger partial charge in [-0.05, 0) is 39.3 Å². The van der Waals surface area contributed by atoms with E-state index in [1.807, 2.05) is 11.8 Å². The lowest BCUT2D eigenvalue weighted by Gasteiger charge is -2.30. The molecule has 1 fully saturated rings. The first-order chi connectivity index (χ1) is 10.1. The van der Waals surface area contributed by atoms with Crippen LogP contribution >= 0.6 is 0 Å². The minimum atomic E-state index is -0.462. The highest BCUT2D eigenvalue weighted by atomic mass is 16.2. The first-order valence-corrected chi connectivity index (χ1v) is 7.64. The summed E-state index contributed by atoms with van der Waals surface area (Å²) in [6.45, 7) is 6.61. The summed E-state index contributed by atoms with van der Waals surface area (Å²) >= 11 is 0. The van der Waals surface area contributed by atoms with E-state index in [-0.39, 0.29) is 24.3 Å². The second kappa shape index (κ2) is 9.33. The van der Waals surface area contributed by atoms with E-state index in [1.54, 1.807) is 6.92 Å². The van der Waals surface area contributed by atoms with Crippen LogP contribution in [0.2, 0.25) is 0 Å². The van der Waals surface area contributed by atoms with E-state index in [1.165, 1.54) is 0 Å². The molecular formula is C14H26N4O3. The highest BCUT2D eigenvalue weighted by Crippen LogP contribution is 2.16. The molecule has 3 N–H and O–H groups in total. The van der Waals surface area contributed by atoms with Gasteiger partial charge in [-0.2, -0.15) is 0 Å². The van der Waals surface area contributed by atoms with Gasteiger partial charge in [0.1, 0.15) is 0 Å². The Balaban J connectivity index is 2.25. The lowest BCUT2D eigenvalue weighted by atomic mass is 9.96. The molecular weight excluding hydrogens is 272 g/mol. The fourth-order valence-electron chi connectivity index (χ4n) is 2.32. The number of amides is 4. The number of rotatable bonds is 6. The van der Waals surface area contributed by atoms with Crippen LogP contribution in [0.5, 0.6) is 0 Å². The fraction of sp³-hybridized carbons (Fsp3) is 0.786. The van der Waals surface area contributed by atoms with Crippen molar-refractivity contribution < 1.29 is 14.4 Å². The maximum atomic E-state index is 11.8. The number of carbonyl (C=O) groups is 3. The van der Waals surface area contributed by atoms with Crippen LogP contribution < -0.4 is 16.0 Å². The predicted molar refractivity (Wildman–Crippen MR) is 79.7 cm³/mol. The van der Waals surface area contributed by atoms with E-state index in [2.05, 4.69) is 16.0 Å². The predicted octanol–water partition coefficient (Wildman–Crippen LogP) is 0.0703. The standard InChI is InChI=1S/C14H26N4O3/c1-3-7-16-13(20)11-5-8-18(9-6-11)10-12(19)17-14(21)15-4-2/h11H,3-10H2,1-2H3,(H,16,20)(H2,15,17,19,21). The highest BCUT2D eigenvalue weighted by Gasteiger charge is 2.25. The van der Waals surface area contributed by atoms with Crippen LogP contribution in [0.25, 0.3) is 0 Å². The van der Waals surface area contributed by atoms with Gasteiger partial charge in [0, 0.05) is 19.0 Å². The van der Waals surface area contributed by atoms with Gasteiger partial charge in [0.2, 0.25) is 11.8 Å². The summed E-state index contributed by atoms with van der Waals surface area (Å²) in [4.78, 5) is 36.7. The Bertz CT molecular complexity index is 365. The summed E-state index contributed by atoms with van der Waals surface area (Å²) in [5.74, 6) is -0.155. The van der Waals surface area contributed by atoms with Crippen molar-refractivity contribution in [1.29, 1.82) is 0 Å². The molecule has 1 saturated heterocycles. The number of urea groups is 1. The molecule has 21 heavy (non-hydrogen) atoms. The first kappa shape index (κ1) is 17.4. The molecule has 0 unspecified atom stereocenters. The van der Waals surface area contributed by atoms with Crippen molar-refractivity contribution in [2.45, 2.75) is 33.1 Å². The minimum Gasteiger partial charge on any atom is -0.356 e. The van der Waals surface area contributed by atoms with Gasteiger partial charge < -0.3 is 10.6 Å². The summed E-state index contributed by atoms with van der Waals surface area (Å²) in [5.41, 5.74) is 0. The smallest absolute Gasteiger partial charge is 0.321 e. The van der Waals surface area contributed by atoms with Crippen molar-refractivity contribution in [2.75, 3.05) is 32.7 Å². The van der Waals surface area contributed by atoms with Crippen molar-refractivity contribution in [2.24, 2.45) is 5.92 Å². The van der Waals surface area contributed by atoms with Gasteiger partial charge in [0.05, 0.1) is 6.54 Å². The van der Waals surface area contributed by atoms with Crippen molar-refractivity contribution in [1.82, 2.24) is 20.9 Å². The summed E-state index contributed by atoms with van der Waals surface area (Å²) in [6, 6.07) is -0.462. The van der Waals surface area contributed by atoms with Crippen LogP contribution in [-0.4, -0.2) is 55.5 Å². The topological polar surface area (TPSA) is 90.5 Å². The largest absolute Gasteiger partial charge is 0.356 e. The Morgan fingerprint density at radius 1 is 1.10 bits per heavy atom. The molecule has 1 heterocycles. The maximum Gasteiger partial charge on any atom is 0.321 e. The first-order valence-electron chi connectivity index (χ1n) is 7.64. The van der Waals surface area contributed by atoms with Crippen molar-refractivity contribution in [3.63, 3.8) is 0 Å². The molecule has 7 heteroatoms. The molecule has 0 aromatic heterocycles. The Hall–Kier alpha value is -1.63. The summed E-state index contributed by atoms with van der Waals surface area (Å²) in [6.07, 6.45) is 2.44. The van der Waals surface area contributed by atoms with Crippen LogP contribution in [0.1, 0.15) is 33.1 Å². The number of nitrogens with zero attached hydrogens (tertiary/aromatic N) is 1. The van der Waals surface area contributed by atoms with E-state index in [4.69, 9.17) is 0 Å². The Morgan fingerprint density at radius 2 is 1.76 bits per heavy atom. The Labute approximate surface area is 125 Å². The number of likely N-dealkylation sites (tertiary alicyclic amines) is 1. The number of carbonyl (C=O) groups excluding carboxylic acids is 3. The fourth-order valence-corrected chi connectivity index (χ4v) is 2.32. The second-order valence-electron chi connectivity index (χ2n) is 5.25. The van der Waals surface area contributed by atoms with Crippen molar-refractivity contribution in [3.8, 4) is 0 Å². The quantitative estimate of drug-likeness (QED) is 0.647. The highest BCUT2D eigenvalue weighted by molar-refractivity contribution is 5.95.